The molecule has 0 unspecified atom stereocenters. The van der Waals surface area contributed by atoms with Gasteiger partial charge in [0.05, 0.1) is 25.7 Å². The summed E-state index contributed by atoms with van der Waals surface area (Å²) in [5, 5.41) is 13.3. The molecule has 3 aromatic rings. The van der Waals surface area contributed by atoms with Gasteiger partial charge in [0, 0.05) is 18.7 Å². The molecular weight excluding hydrogens is 575 g/mol. The maximum Gasteiger partial charge on any atom is 0.270 e. The number of thioether (sulfide) groups is 1. The van der Waals surface area contributed by atoms with Gasteiger partial charge < -0.3 is 14.8 Å². The molecule has 1 fully saturated rings. The molecule has 1 aromatic heterocycles. The number of aromatic nitrogens is 1. The lowest BCUT2D eigenvalue weighted by molar-refractivity contribution is -0.122. The fraction of sp³-hybridized carbons (Fsp3) is 0.290. The Hall–Kier alpha value is -4.14. The maximum absolute atomic E-state index is 13.5. The third-order valence-corrected chi connectivity index (χ3v) is 8.26. The lowest BCUT2D eigenvalue weighted by Gasteiger charge is -2.20. The van der Waals surface area contributed by atoms with E-state index in [0.29, 0.717) is 63.6 Å². The van der Waals surface area contributed by atoms with Gasteiger partial charge in [-0.3, -0.25) is 19.1 Å². The smallest absolute Gasteiger partial charge is 0.270 e. The van der Waals surface area contributed by atoms with Crippen molar-refractivity contribution in [1.82, 2.24) is 9.47 Å². The normalized spacial score (nSPS) is 13.9. The molecule has 0 bridgehead atoms. The average Bonchev–Trinajstić information content (AvgIpc) is 3.25. The number of methoxy groups -OCH3 is 2. The molecule has 4 rings (SSSR count). The van der Waals surface area contributed by atoms with Crippen molar-refractivity contribution in [3.63, 3.8) is 0 Å². The van der Waals surface area contributed by atoms with Crippen LogP contribution in [-0.4, -0.2) is 40.5 Å². The van der Waals surface area contributed by atoms with Crippen molar-refractivity contribution in [3.05, 3.63) is 91.4 Å². The van der Waals surface area contributed by atoms with E-state index in [1.807, 2.05) is 25.1 Å². The molecule has 218 valence electrons. The first kappa shape index (κ1) is 30.8. The molecule has 8 nitrogen and oxygen atoms in total. The van der Waals surface area contributed by atoms with E-state index in [0.717, 1.165) is 22.9 Å². The molecule has 1 saturated heterocycles. The van der Waals surface area contributed by atoms with Crippen LogP contribution in [0.4, 0.5) is 10.2 Å². The van der Waals surface area contributed by atoms with Crippen LogP contribution in [0.2, 0.25) is 0 Å². The van der Waals surface area contributed by atoms with Crippen molar-refractivity contribution in [1.29, 1.82) is 5.26 Å². The molecule has 2 heterocycles. The summed E-state index contributed by atoms with van der Waals surface area (Å²) in [5.41, 5.74) is 2.44. The minimum atomic E-state index is -0.383. The van der Waals surface area contributed by atoms with Crippen LogP contribution >= 0.6 is 24.0 Å². The number of carbonyl (C=O) groups is 1. The zero-order valence-corrected chi connectivity index (χ0v) is 25.5. The molecular formula is C31H31FN4O4S2. The highest BCUT2D eigenvalue weighted by atomic mass is 32.2. The van der Waals surface area contributed by atoms with Crippen LogP contribution in [0.15, 0.2) is 52.2 Å². The summed E-state index contributed by atoms with van der Waals surface area (Å²) in [5.74, 6) is 1.13. The summed E-state index contributed by atoms with van der Waals surface area (Å²) in [4.78, 5) is 28.6. The third kappa shape index (κ3) is 6.50. The number of nitriles is 1. The second kappa shape index (κ2) is 13.7. The van der Waals surface area contributed by atoms with E-state index in [9.17, 15) is 19.2 Å². The Morgan fingerprint density at radius 2 is 1.79 bits per heavy atom. The minimum Gasteiger partial charge on any atom is -0.493 e. The van der Waals surface area contributed by atoms with E-state index in [2.05, 4.69) is 11.4 Å². The highest BCUT2D eigenvalue weighted by Crippen LogP contribution is 2.36. The Balaban J connectivity index is 1.69. The van der Waals surface area contributed by atoms with Crippen molar-refractivity contribution in [2.75, 3.05) is 26.1 Å². The Morgan fingerprint density at radius 3 is 2.43 bits per heavy atom. The van der Waals surface area contributed by atoms with Crippen molar-refractivity contribution < 1.29 is 18.7 Å². The Labute approximate surface area is 253 Å². The van der Waals surface area contributed by atoms with E-state index < -0.39 is 0 Å². The van der Waals surface area contributed by atoms with Crippen LogP contribution < -0.4 is 20.3 Å². The van der Waals surface area contributed by atoms with Gasteiger partial charge in [-0.2, -0.15) is 5.26 Å². The molecule has 0 radical (unpaired) electrons. The molecule has 1 N–H and O–H groups in total. The average molecular weight is 607 g/mol. The number of carbonyl (C=O) groups excluding carboxylic acids is 1. The fourth-order valence-corrected chi connectivity index (χ4v) is 5.93. The first-order valence-electron chi connectivity index (χ1n) is 13.3. The molecule has 1 aliphatic rings. The second-order valence-corrected chi connectivity index (χ2v) is 11.3. The van der Waals surface area contributed by atoms with Crippen LogP contribution in [0.5, 0.6) is 11.5 Å². The molecule has 1 amide bonds. The first-order valence-corrected chi connectivity index (χ1v) is 14.6. The van der Waals surface area contributed by atoms with Crippen LogP contribution in [-0.2, 0) is 24.3 Å². The minimum absolute atomic E-state index is 0.0296. The van der Waals surface area contributed by atoms with Crippen molar-refractivity contribution in [3.8, 4) is 17.6 Å². The van der Waals surface area contributed by atoms with Gasteiger partial charge in [0.1, 0.15) is 27.6 Å². The number of benzene rings is 2. The summed E-state index contributed by atoms with van der Waals surface area (Å²) in [6, 6.07) is 13.6. The van der Waals surface area contributed by atoms with Gasteiger partial charge in [-0.25, -0.2) is 4.39 Å². The zero-order chi connectivity index (χ0) is 30.4. The Bertz CT molecular complexity index is 1640. The monoisotopic (exact) mass is 606 g/mol. The summed E-state index contributed by atoms with van der Waals surface area (Å²) >= 11 is 6.66. The third-order valence-electron chi connectivity index (χ3n) is 6.88. The van der Waals surface area contributed by atoms with E-state index in [1.165, 1.54) is 17.0 Å². The summed E-state index contributed by atoms with van der Waals surface area (Å²) in [6.45, 7) is 4.72. The molecule has 0 saturated carbocycles. The standard InChI is InChI=1S/C31H31FN4O4S2/c1-5-14-35-28(34-13-12-20-8-11-25(39-3)26(15-20)40-4)23(19(2)24(17-33)29(35)37)16-27-30(38)36(31(41)42-27)18-21-6-9-22(32)10-7-21/h6-11,15-16,34H,5,12-14,18H2,1-4H3/b27-16+. The number of nitrogens with zero attached hydrogens (tertiary/aromatic N) is 3. The molecule has 11 heteroatoms. The summed E-state index contributed by atoms with van der Waals surface area (Å²) < 4.78 is 26.1. The molecule has 0 atom stereocenters. The predicted octanol–water partition coefficient (Wildman–Crippen LogP) is 5.65. The van der Waals surface area contributed by atoms with Gasteiger partial charge >= 0.3 is 0 Å². The SMILES string of the molecule is CCCn1c(NCCc2ccc(OC)c(OC)c2)c(/C=C2/SC(=S)N(Cc3ccc(F)cc3)C2=O)c(C)c(C#N)c1=O. The van der Waals surface area contributed by atoms with Crippen LogP contribution in [0, 0.1) is 24.1 Å². The number of hydrogen-bond donors (Lipinski definition) is 1. The van der Waals surface area contributed by atoms with Gasteiger partial charge in [-0.15, -0.1) is 0 Å². The number of amides is 1. The van der Waals surface area contributed by atoms with E-state index in [1.54, 1.807) is 43.9 Å². The maximum atomic E-state index is 13.5. The van der Waals surface area contributed by atoms with Gasteiger partial charge in [0.2, 0.25) is 0 Å². The van der Waals surface area contributed by atoms with Gasteiger partial charge in [-0.1, -0.05) is 49.1 Å². The summed E-state index contributed by atoms with van der Waals surface area (Å²) in [6.07, 6.45) is 2.97. The molecule has 2 aromatic carbocycles. The lowest BCUT2D eigenvalue weighted by Crippen LogP contribution is -2.29. The number of ether oxygens (including phenoxy) is 2. The van der Waals surface area contributed by atoms with Crippen molar-refractivity contribution in [2.24, 2.45) is 0 Å². The Kier molecular flexibility index (Phi) is 10.0. The fourth-order valence-electron chi connectivity index (χ4n) is 4.69. The largest absolute Gasteiger partial charge is 0.493 e. The van der Waals surface area contributed by atoms with E-state index >= 15 is 0 Å². The molecule has 42 heavy (non-hydrogen) atoms. The first-order chi connectivity index (χ1) is 20.2. The number of thiocarbonyl (C=S) groups is 1. The van der Waals surface area contributed by atoms with Crippen LogP contribution in [0.3, 0.4) is 0 Å². The quantitative estimate of drug-likeness (QED) is 0.221. The van der Waals surface area contributed by atoms with Crippen LogP contribution in [0.25, 0.3) is 6.08 Å². The number of pyridine rings is 1. The number of halogens is 1. The topological polar surface area (TPSA) is 96.6 Å². The van der Waals surface area contributed by atoms with E-state index in [-0.39, 0.29) is 29.4 Å². The van der Waals surface area contributed by atoms with E-state index in [4.69, 9.17) is 21.7 Å². The number of anilines is 1. The van der Waals surface area contributed by atoms with Crippen molar-refractivity contribution in [2.45, 2.75) is 39.8 Å². The van der Waals surface area contributed by atoms with Crippen LogP contribution in [0.1, 0.15) is 41.2 Å². The van der Waals surface area contributed by atoms with Gasteiger partial charge in [-0.05, 0) is 66.8 Å². The number of nitrogens with one attached hydrogen (secondary N) is 1. The molecule has 0 spiro atoms. The molecule has 1 aliphatic heterocycles. The zero-order valence-electron chi connectivity index (χ0n) is 23.8. The number of rotatable bonds is 11. The van der Waals surface area contributed by atoms with Crippen molar-refractivity contribution >= 4 is 46.1 Å². The second-order valence-electron chi connectivity index (χ2n) is 9.59. The van der Waals surface area contributed by atoms with Gasteiger partial charge in [0.15, 0.2) is 11.5 Å². The Morgan fingerprint density at radius 1 is 1.10 bits per heavy atom. The highest BCUT2D eigenvalue weighted by Gasteiger charge is 2.33. The lowest BCUT2D eigenvalue weighted by atomic mass is 10.0. The highest BCUT2D eigenvalue weighted by molar-refractivity contribution is 8.26. The molecule has 0 aliphatic carbocycles. The number of hydrogen-bond acceptors (Lipinski definition) is 8. The summed E-state index contributed by atoms with van der Waals surface area (Å²) in [7, 11) is 3.16. The van der Waals surface area contributed by atoms with Gasteiger partial charge in [0.25, 0.3) is 11.5 Å². The predicted molar refractivity (Wildman–Crippen MR) is 167 cm³/mol.